The van der Waals surface area contributed by atoms with Crippen molar-refractivity contribution in [2.24, 2.45) is 0 Å². The second-order valence-electron chi connectivity index (χ2n) is 4.23. The van der Waals surface area contributed by atoms with Crippen LogP contribution in [0, 0.1) is 5.82 Å². The van der Waals surface area contributed by atoms with Crippen molar-refractivity contribution in [3.05, 3.63) is 41.4 Å². The first-order chi connectivity index (χ1) is 9.00. The highest BCUT2D eigenvalue weighted by Gasteiger charge is 2.27. The third-order valence-corrected chi connectivity index (χ3v) is 3.19. The minimum atomic E-state index is -0.471. The molecular formula is C13H13FN2O2S. The van der Waals surface area contributed by atoms with Gasteiger partial charge in [-0.3, -0.25) is 4.79 Å². The molecule has 0 unspecified atom stereocenters. The summed E-state index contributed by atoms with van der Waals surface area (Å²) < 4.78 is 13.5. The highest BCUT2D eigenvalue weighted by Crippen LogP contribution is 2.20. The fourth-order valence-corrected chi connectivity index (χ4v) is 2.11. The summed E-state index contributed by atoms with van der Waals surface area (Å²) in [5.41, 5.74) is 0.209. The molecule has 1 aromatic carbocycles. The Labute approximate surface area is 115 Å². The molecule has 0 aromatic heterocycles. The van der Waals surface area contributed by atoms with Crippen LogP contribution < -0.4 is 5.32 Å². The van der Waals surface area contributed by atoms with E-state index in [1.165, 1.54) is 17.0 Å². The van der Waals surface area contributed by atoms with E-state index in [0.717, 1.165) is 0 Å². The van der Waals surface area contributed by atoms with Crippen LogP contribution in [0.25, 0.3) is 0 Å². The molecule has 0 atom stereocenters. The van der Waals surface area contributed by atoms with Crippen LogP contribution in [0.1, 0.15) is 6.42 Å². The number of hydrogen-bond acceptors (Lipinski definition) is 3. The third kappa shape index (κ3) is 2.73. The predicted molar refractivity (Wildman–Crippen MR) is 74.5 cm³/mol. The van der Waals surface area contributed by atoms with Crippen molar-refractivity contribution in [1.82, 2.24) is 4.90 Å². The van der Waals surface area contributed by atoms with Gasteiger partial charge in [0.1, 0.15) is 22.1 Å². The number of aliphatic hydroxyl groups is 1. The van der Waals surface area contributed by atoms with Gasteiger partial charge in [-0.2, -0.15) is 0 Å². The van der Waals surface area contributed by atoms with Gasteiger partial charge in [0, 0.05) is 20.0 Å². The lowest BCUT2D eigenvalue weighted by Gasteiger charge is -2.25. The Balaban J connectivity index is 2.25. The molecule has 0 fully saturated rings. The van der Waals surface area contributed by atoms with Gasteiger partial charge in [-0.15, -0.1) is 0 Å². The zero-order valence-corrected chi connectivity index (χ0v) is 11.1. The molecule has 19 heavy (non-hydrogen) atoms. The van der Waals surface area contributed by atoms with E-state index < -0.39 is 5.82 Å². The summed E-state index contributed by atoms with van der Waals surface area (Å²) in [5.74, 6) is -0.893. The number of thiocarbonyl (C=S) groups is 1. The van der Waals surface area contributed by atoms with Crippen molar-refractivity contribution >= 4 is 28.8 Å². The topological polar surface area (TPSA) is 52.6 Å². The van der Waals surface area contributed by atoms with Crippen LogP contribution in [0.3, 0.4) is 0 Å². The number of carbonyl (C=O) groups excluding carboxylic acids is 1. The first-order valence-electron chi connectivity index (χ1n) is 5.74. The molecule has 0 bridgehead atoms. The molecule has 1 amide bonds. The lowest BCUT2D eigenvalue weighted by Crippen LogP contribution is -2.38. The summed E-state index contributed by atoms with van der Waals surface area (Å²) in [6.45, 7) is 0.441. The Bertz CT molecular complexity index is 572. The van der Waals surface area contributed by atoms with E-state index in [-0.39, 0.29) is 27.9 Å². The van der Waals surface area contributed by atoms with E-state index in [4.69, 9.17) is 12.2 Å². The molecule has 1 heterocycles. The molecular weight excluding hydrogens is 267 g/mol. The smallest absolute Gasteiger partial charge is 0.260 e. The van der Waals surface area contributed by atoms with Crippen LogP contribution in [0.4, 0.5) is 10.1 Å². The largest absolute Gasteiger partial charge is 0.511 e. The number of amides is 1. The second kappa shape index (κ2) is 5.36. The summed E-state index contributed by atoms with van der Waals surface area (Å²) in [7, 11) is 1.63. The van der Waals surface area contributed by atoms with Gasteiger partial charge in [-0.1, -0.05) is 24.4 Å². The zero-order valence-electron chi connectivity index (χ0n) is 10.3. The minimum absolute atomic E-state index is 0.0270. The first kappa shape index (κ1) is 13.5. The number of anilines is 1. The molecule has 0 radical (unpaired) electrons. The van der Waals surface area contributed by atoms with Crippen molar-refractivity contribution in [1.29, 1.82) is 0 Å². The highest BCUT2D eigenvalue weighted by atomic mass is 32.1. The second-order valence-corrected chi connectivity index (χ2v) is 4.64. The van der Waals surface area contributed by atoms with Crippen LogP contribution >= 0.6 is 12.2 Å². The van der Waals surface area contributed by atoms with Crippen LogP contribution in [0.5, 0.6) is 0 Å². The molecule has 0 aliphatic carbocycles. The molecule has 100 valence electrons. The maximum absolute atomic E-state index is 13.5. The van der Waals surface area contributed by atoms with Gasteiger partial charge in [0.15, 0.2) is 0 Å². The predicted octanol–water partition coefficient (Wildman–Crippen LogP) is 2.24. The van der Waals surface area contributed by atoms with Gasteiger partial charge in [0.25, 0.3) is 5.91 Å². The van der Waals surface area contributed by atoms with Crippen LogP contribution in [0.2, 0.25) is 0 Å². The van der Waals surface area contributed by atoms with Gasteiger partial charge in [0.2, 0.25) is 0 Å². The summed E-state index contributed by atoms with van der Waals surface area (Å²) in [6, 6.07) is 6.00. The van der Waals surface area contributed by atoms with E-state index in [1.54, 1.807) is 19.2 Å². The van der Waals surface area contributed by atoms with Gasteiger partial charge in [-0.05, 0) is 12.1 Å². The number of benzene rings is 1. The average molecular weight is 280 g/mol. The van der Waals surface area contributed by atoms with Gasteiger partial charge in [0.05, 0.1) is 5.69 Å². The monoisotopic (exact) mass is 280 g/mol. The molecule has 0 spiro atoms. The molecule has 0 saturated heterocycles. The van der Waals surface area contributed by atoms with Crippen LogP contribution in [0.15, 0.2) is 35.6 Å². The first-order valence-corrected chi connectivity index (χ1v) is 6.15. The highest BCUT2D eigenvalue weighted by molar-refractivity contribution is 7.81. The number of rotatable bonds is 2. The summed E-state index contributed by atoms with van der Waals surface area (Å²) in [5, 5.41) is 12.4. The fourth-order valence-electron chi connectivity index (χ4n) is 1.79. The van der Waals surface area contributed by atoms with Crippen LogP contribution in [-0.2, 0) is 4.79 Å². The van der Waals surface area contributed by atoms with Crippen molar-refractivity contribution < 1.29 is 14.3 Å². The van der Waals surface area contributed by atoms with Crippen molar-refractivity contribution in [2.75, 3.05) is 18.9 Å². The van der Waals surface area contributed by atoms with Crippen molar-refractivity contribution in [3.8, 4) is 0 Å². The number of nitrogens with one attached hydrogen (secondary N) is 1. The summed E-state index contributed by atoms with van der Waals surface area (Å²) in [6.07, 6.45) is 0.344. The number of nitrogens with zero attached hydrogens (tertiary/aromatic N) is 1. The molecule has 1 aliphatic heterocycles. The van der Waals surface area contributed by atoms with E-state index in [1.807, 2.05) is 0 Å². The van der Waals surface area contributed by atoms with Gasteiger partial charge in [-0.25, -0.2) is 4.39 Å². The maximum atomic E-state index is 13.5. The average Bonchev–Trinajstić information content (AvgIpc) is 2.37. The molecule has 2 N–H and O–H groups in total. The fraction of sp³-hybridized carbons (Fsp3) is 0.231. The number of likely N-dealkylation sites (N-methyl/N-ethyl adjacent to an activating group) is 1. The Kier molecular flexibility index (Phi) is 3.80. The lowest BCUT2D eigenvalue weighted by atomic mass is 10.1. The lowest BCUT2D eigenvalue weighted by molar-refractivity contribution is -0.126. The Morgan fingerprint density at radius 1 is 1.47 bits per heavy atom. The molecule has 1 aliphatic rings. The quantitative estimate of drug-likeness (QED) is 0.816. The number of aliphatic hydroxyl groups excluding tert-OH is 1. The van der Waals surface area contributed by atoms with E-state index in [9.17, 15) is 14.3 Å². The van der Waals surface area contributed by atoms with Crippen molar-refractivity contribution in [3.63, 3.8) is 0 Å². The number of carbonyl (C=O) groups is 1. The molecule has 4 nitrogen and oxygen atoms in total. The molecule has 0 saturated carbocycles. The van der Waals surface area contributed by atoms with Crippen molar-refractivity contribution in [2.45, 2.75) is 6.42 Å². The zero-order chi connectivity index (χ0) is 14.0. The minimum Gasteiger partial charge on any atom is -0.511 e. The van der Waals surface area contributed by atoms with Gasteiger partial charge < -0.3 is 15.3 Å². The maximum Gasteiger partial charge on any atom is 0.260 e. The molecule has 1 aromatic rings. The summed E-state index contributed by atoms with van der Waals surface area (Å²) >= 11 is 5.08. The molecule has 6 heteroatoms. The molecule has 2 rings (SSSR count). The normalized spacial score (nSPS) is 15.7. The number of halogens is 1. The Hall–Kier alpha value is -1.95. The van der Waals surface area contributed by atoms with Crippen LogP contribution in [-0.4, -0.2) is 34.5 Å². The Morgan fingerprint density at radius 2 is 2.16 bits per heavy atom. The van der Waals surface area contributed by atoms with E-state index >= 15 is 0 Å². The SMILES string of the molecule is CN1CCC(O)=C(C(=S)Nc2ccccc2F)C1=O. The van der Waals surface area contributed by atoms with E-state index in [2.05, 4.69) is 5.32 Å². The van der Waals surface area contributed by atoms with E-state index in [0.29, 0.717) is 13.0 Å². The third-order valence-electron chi connectivity index (χ3n) is 2.88. The number of para-hydroxylation sites is 1. The van der Waals surface area contributed by atoms with Gasteiger partial charge >= 0.3 is 0 Å². The summed E-state index contributed by atoms with van der Waals surface area (Å²) in [4.78, 5) is 13.4. The Morgan fingerprint density at radius 3 is 2.84 bits per heavy atom. The number of hydrogen-bond donors (Lipinski definition) is 2. The standard InChI is InChI=1S/C13H13FN2O2S/c1-16-7-6-10(17)11(13(16)18)12(19)15-9-5-3-2-4-8(9)14/h2-5,17H,6-7H2,1H3,(H,15,19).